The number of nitrogens with one attached hydrogen (secondary N) is 3. The molecular formula is C15H20N4O2. The summed E-state index contributed by atoms with van der Waals surface area (Å²) < 4.78 is 5.66. The fourth-order valence-electron chi connectivity index (χ4n) is 2.39. The zero-order valence-corrected chi connectivity index (χ0v) is 12.4. The second-order valence-corrected chi connectivity index (χ2v) is 5.86. The minimum absolute atomic E-state index is 0.0428. The molecule has 0 aliphatic carbocycles. The summed E-state index contributed by atoms with van der Waals surface area (Å²) in [5.41, 5.74) is 8.27. The van der Waals surface area contributed by atoms with Gasteiger partial charge in [-0.15, -0.1) is 0 Å². The van der Waals surface area contributed by atoms with Gasteiger partial charge < -0.3 is 9.73 Å². The maximum Gasteiger partial charge on any atom is 0.242 e. The third-order valence-electron chi connectivity index (χ3n) is 3.58. The highest BCUT2D eigenvalue weighted by molar-refractivity contribution is 5.96. The highest BCUT2D eigenvalue weighted by Crippen LogP contribution is 2.24. The Morgan fingerprint density at radius 3 is 2.90 bits per heavy atom. The van der Waals surface area contributed by atoms with E-state index in [-0.39, 0.29) is 17.9 Å². The molecule has 1 amide bonds. The van der Waals surface area contributed by atoms with E-state index in [1.807, 2.05) is 39.0 Å². The molecule has 1 aromatic carbocycles. The Balaban J connectivity index is 1.76. The molecule has 112 valence electrons. The Morgan fingerprint density at radius 2 is 2.24 bits per heavy atom. The molecule has 2 unspecified atom stereocenters. The molecule has 1 saturated heterocycles. The second kappa shape index (κ2) is 5.46. The number of hydrazine groups is 1. The van der Waals surface area contributed by atoms with Crippen LogP contribution in [-0.2, 0) is 4.79 Å². The zero-order valence-electron chi connectivity index (χ0n) is 12.4. The molecule has 1 fully saturated rings. The Morgan fingerprint density at radius 1 is 1.43 bits per heavy atom. The van der Waals surface area contributed by atoms with Gasteiger partial charge in [-0.05, 0) is 31.5 Å². The van der Waals surface area contributed by atoms with Gasteiger partial charge in [0, 0.05) is 17.6 Å². The largest absolute Gasteiger partial charge is 0.440 e. The number of hydrogen-bond donors (Lipinski definition) is 3. The van der Waals surface area contributed by atoms with Crippen molar-refractivity contribution in [2.75, 3.05) is 5.32 Å². The molecule has 0 radical (unpaired) electrons. The van der Waals surface area contributed by atoms with Crippen molar-refractivity contribution in [2.24, 2.45) is 0 Å². The number of fused-ring (bicyclic) bond motifs is 1. The average molecular weight is 288 g/mol. The van der Waals surface area contributed by atoms with E-state index in [1.165, 1.54) is 0 Å². The number of aromatic nitrogens is 1. The summed E-state index contributed by atoms with van der Waals surface area (Å²) in [6, 6.07) is 5.61. The molecule has 2 heterocycles. The van der Waals surface area contributed by atoms with E-state index in [0.717, 1.165) is 23.2 Å². The van der Waals surface area contributed by atoms with E-state index in [9.17, 15) is 4.79 Å². The average Bonchev–Trinajstić information content (AvgIpc) is 3.04. The number of carbonyl (C=O) groups is 1. The summed E-state index contributed by atoms with van der Waals surface area (Å²) in [6.45, 7) is 6.11. The Labute approximate surface area is 123 Å². The molecular weight excluding hydrogens is 268 g/mol. The van der Waals surface area contributed by atoms with Gasteiger partial charge in [-0.2, -0.15) is 0 Å². The molecule has 1 aliphatic heterocycles. The first-order chi connectivity index (χ1) is 10.0. The van der Waals surface area contributed by atoms with Crippen molar-refractivity contribution in [3.63, 3.8) is 0 Å². The fourth-order valence-corrected chi connectivity index (χ4v) is 2.39. The molecule has 0 saturated carbocycles. The lowest BCUT2D eigenvalue weighted by atomic mass is 10.1. The van der Waals surface area contributed by atoms with E-state index < -0.39 is 0 Å². The molecule has 0 spiro atoms. The van der Waals surface area contributed by atoms with Crippen LogP contribution in [0.3, 0.4) is 0 Å². The molecule has 2 aromatic rings. The highest BCUT2D eigenvalue weighted by atomic mass is 16.3. The molecule has 6 nitrogen and oxygen atoms in total. The first-order valence-electron chi connectivity index (χ1n) is 7.25. The third-order valence-corrected chi connectivity index (χ3v) is 3.58. The third kappa shape index (κ3) is 2.91. The highest BCUT2D eigenvalue weighted by Gasteiger charge is 2.26. The van der Waals surface area contributed by atoms with Gasteiger partial charge in [-0.1, -0.05) is 13.8 Å². The lowest BCUT2D eigenvalue weighted by Gasteiger charge is -2.10. The summed E-state index contributed by atoms with van der Waals surface area (Å²) >= 11 is 0. The van der Waals surface area contributed by atoms with Crippen molar-refractivity contribution in [3.05, 3.63) is 24.1 Å². The van der Waals surface area contributed by atoms with Gasteiger partial charge in [0.25, 0.3) is 0 Å². The Hall–Kier alpha value is -1.92. The molecule has 3 rings (SSSR count). The van der Waals surface area contributed by atoms with Crippen molar-refractivity contribution in [2.45, 2.75) is 45.2 Å². The first kappa shape index (κ1) is 14.0. The van der Waals surface area contributed by atoms with Crippen molar-refractivity contribution >= 4 is 22.7 Å². The van der Waals surface area contributed by atoms with Gasteiger partial charge in [0.1, 0.15) is 11.6 Å². The Bertz CT molecular complexity index is 665. The second-order valence-electron chi connectivity index (χ2n) is 5.86. The predicted molar refractivity (Wildman–Crippen MR) is 80.9 cm³/mol. The smallest absolute Gasteiger partial charge is 0.242 e. The number of benzene rings is 1. The van der Waals surface area contributed by atoms with E-state index in [0.29, 0.717) is 11.9 Å². The number of hydrogen-bond acceptors (Lipinski definition) is 5. The van der Waals surface area contributed by atoms with E-state index in [4.69, 9.17) is 4.42 Å². The van der Waals surface area contributed by atoms with E-state index >= 15 is 0 Å². The number of anilines is 1. The van der Waals surface area contributed by atoms with Crippen molar-refractivity contribution in [1.82, 2.24) is 15.8 Å². The molecule has 3 N–H and O–H groups in total. The monoisotopic (exact) mass is 288 g/mol. The van der Waals surface area contributed by atoms with Crippen LogP contribution in [0.1, 0.15) is 39.0 Å². The fraction of sp³-hybridized carbons (Fsp3) is 0.467. The lowest BCUT2D eigenvalue weighted by Crippen LogP contribution is -2.39. The summed E-state index contributed by atoms with van der Waals surface area (Å²) in [5, 5.41) is 2.91. The number of rotatable bonds is 3. The van der Waals surface area contributed by atoms with Crippen molar-refractivity contribution in [1.29, 1.82) is 0 Å². The van der Waals surface area contributed by atoms with E-state index in [2.05, 4.69) is 21.2 Å². The summed E-state index contributed by atoms with van der Waals surface area (Å²) in [6.07, 6.45) is 0.773. The van der Waals surface area contributed by atoms with Crippen LogP contribution in [0.2, 0.25) is 0 Å². The molecule has 1 aliphatic rings. The van der Waals surface area contributed by atoms with Crippen molar-refractivity contribution < 1.29 is 9.21 Å². The maximum atomic E-state index is 12.2. The lowest BCUT2D eigenvalue weighted by molar-refractivity contribution is -0.117. The molecule has 21 heavy (non-hydrogen) atoms. The maximum absolute atomic E-state index is 12.2. The van der Waals surface area contributed by atoms with Crippen LogP contribution in [0.4, 0.5) is 5.69 Å². The van der Waals surface area contributed by atoms with Gasteiger partial charge in [0.05, 0.1) is 0 Å². The summed E-state index contributed by atoms with van der Waals surface area (Å²) in [7, 11) is 0. The van der Waals surface area contributed by atoms with Gasteiger partial charge in [0.15, 0.2) is 11.5 Å². The van der Waals surface area contributed by atoms with Gasteiger partial charge in [-0.3, -0.25) is 10.2 Å². The normalized spacial score (nSPS) is 22.1. The van der Waals surface area contributed by atoms with E-state index in [1.54, 1.807) is 0 Å². The zero-order chi connectivity index (χ0) is 15.0. The van der Waals surface area contributed by atoms with Crippen LogP contribution in [0, 0.1) is 0 Å². The van der Waals surface area contributed by atoms with Gasteiger partial charge in [0.2, 0.25) is 5.91 Å². The Kier molecular flexibility index (Phi) is 3.65. The first-order valence-corrected chi connectivity index (χ1v) is 7.25. The summed E-state index contributed by atoms with van der Waals surface area (Å²) in [4.78, 5) is 16.6. The van der Waals surface area contributed by atoms with Gasteiger partial charge in [-0.25, -0.2) is 10.4 Å². The van der Waals surface area contributed by atoms with Gasteiger partial charge >= 0.3 is 0 Å². The number of carbonyl (C=O) groups excluding carboxylic acids is 1. The van der Waals surface area contributed by atoms with Crippen LogP contribution in [0.15, 0.2) is 22.6 Å². The predicted octanol–water partition coefficient (Wildman–Crippen LogP) is 2.14. The van der Waals surface area contributed by atoms with Crippen LogP contribution in [0.5, 0.6) is 0 Å². The topological polar surface area (TPSA) is 79.2 Å². The van der Waals surface area contributed by atoms with Crippen LogP contribution >= 0.6 is 0 Å². The standard InChI is InChI=1S/C15H20N4O2/c1-8(2)15-17-11-7-10(4-5-13(11)21-15)16-14(20)12-6-9(3)18-19-12/h4-5,7-9,12,18-19H,6H2,1-3H3,(H,16,20). The van der Waals surface area contributed by atoms with Crippen LogP contribution in [-0.4, -0.2) is 23.0 Å². The number of oxazole rings is 1. The number of nitrogens with zero attached hydrogens (tertiary/aromatic N) is 1. The van der Waals surface area contributed by atoms with Crippen molar-refractivity contribution in [3.8, 4) is 0 Å². The quantitative estimate of drug-likeness (QED) is 0.806. The van der Waals surface area contributed by atoms with Crippen LogP contribution in [0.25, 0.3) is 11.1 Å². The SMILES string of the molecule is CC1CC(C(=O)Nc2ccc3oc(C(C)C)nc3c2)NN1. The molecule has 2 atom stereocenters. The summed E-state index contributed by atoms with van der Waals surface area (Å²) in [5.74, 6) is 0.911. The minimum atomic E-state index is -0.209. The molecule has 1 aromatic heterocycles. The van der Waals surface area contributed by atoms with Crippen LogP contribution < -0.4 is 16.2 Å². The minimum Gasteiger partial charge on any atom is -0.440 e. The molecule has 0 bridgehead atoms. The number of amides is 1. The molecule has 6 heteroatoms.